The second-order valence-corrected chi connectivity index (χ2v) is 9.71. The lowest BCUT2D eigenvalue weighted by Crippen LogP contribution is -2.41. The quantitative estimate of drug-likeness (QED) is 0.623. The molecule has 0 spiro atoms. The minimum absolute atomic E-state index is 0.190. The Kier molecular flexibility index (Phi) is 8.16. The molecule has 0 N–H and O–H groups in total. The summed E-state index contributed by atoms with van der Waals surface area (Å²) in [5, 5.41) is 0. The summed E-state index contributed by atoms with van der Waals surface area (Å²) in [6, 6.07) is 8.01. The zero-order chi connectivity index (χ0) is 24.1. The van der Waals surface area contributed by atoms with Crippen LogP contribution in [-0.4, -0.2) is 66.2 Å². The summed E-state index contributed by atoms with van der Waals surface area (Å²) >= 11 is 0. The van der Waals surface area contributed by atoms with E-state index in [0.717, 1.165) is 63.4 Å². The van der Waals surface area contributed by atoms with Crippen LogP contribution in [0.5, 0.6) is 0 Å². The van der Waals surface area contributed by atoms with Crippen LogP contribution in [0.25, 0.3) is 0 Å². The van der Waals surface area contributed by atoms with E-state index in [9.17, 15) is 14.0 Å². The Bertz CT molecular complexity index is 1050. The highest BCUT2D eigenvalue weighted by Crippen LogP contribution is 2.21. The van der Waals surface area contributed by atoms with Crippen LogP contribution in [0.3, 0.4) is 0 Å². The fraction of sp³-hybridized carbons (Fsp3) is 0.556. The summed E-state index contributed by atoms with van der Waals surface area (Å²) in [6.45, 7) is 10.5. The van der Waals surface area contributed by atoms with Gasteiger partial charge in [0.15, 0.2) is 5.43 Å². The van der Waals surface area contributed by atoms with Gasteiger partial charge in [0, 0.05) is 63.1 Å². The molecule has 2 aromatic rings. The Morgan fingerprint density at radius 2 is 1.82 bits per heavy atom. The summed E-state index contributed by atoms with van der Waals surface area (Å²) in [7, 11) is 0. The number of carbonyl (C=O) groups is 1. The largest absolute Gasteiger partial charge is 0.379 e. The van der Waals surface area contributed by atoms with Gasteiger partial charge in [0.05, 0.1) is 13.2 Å². The van der Waals surface area contributed by atoms with E-state index in [-0.39, 0.29) is 22.7 Å². The molecule has 0 saturated carbocycles. The first-order chi connectivity index (χ1) is 16.4. The molecule has 1 aromatic heterocycles. The second kappa shape index (κ2) is 11.3. The number of aryl methyl sites for hydroxylation is 1. The average molecular weight is 470 g/mol. The summed E-state index contributed by atoms with van der Waals surface area (Å²) in [6.07, 6.45) is 3.14. The number of benzene rings is 1. The van der Waals surface area contributed by atoms with Gasteiger partial charge < -0.3 is 14.2 Å². The van der Waals surface area contributed by atoms with Gasteiger partial charge in [-0.25, -0.2) is 4.39 Å². The number of piperidine rings is 1. The van der Waals surface area contributed by atoms with Crippen LogP contribution in [0.2, 0.25) is 0 Å². The number of aromatic nitrogens is 1. The van der Waals surface area contributed by atoms with Crippen molar-refractivity contribution in [1.82, 2.24) is 14.4 Å². The van der Waals surface area contributed by atoms with E-state index >= 15 is 0 Å². The van der Waals surface area contributed by atoms with Gasteiger partial charge in [0.25, 0.3) is 5.91 Å². The topological polar surface area (TPSA) is 54.8 Å². The molecule has 3 heterocycles. The van der Waals surface area contributed by atoms with Crippen molar-refractivity contribution in [2.24, 2.45) is 5.92 Å². The van der Waals surface area contributed by atoms with Crippen molar-refractivity contribution < 1.29 is 13.9 Å². The van der Waals surface area contributed by atoms with Gasteiger partial charge in [-0.3, -0.25) is 14.5 Å². The molecule has 184 valence electrons. The van der Waals surface area contributed by atoms with Crippen molar-refractivity contribution in [3.63, 3.8) is 0 Å². The number of halogens is 1. The monoisotopic (exact) mass is 469 g/mol. The zero-order valence-electron chi connectivity index (χ0n) is 20.4. The molecule has 2 aliphatic rings. The van der Waals surface area contributed by atoms with Gasteiger partial charge in [-0.1, -0.05) is 19.1 Å². The van der Waals surface area contributed by atoms with Gasteiger partial charge in [-0.15, -0.1) is 0 Å². The molecule has 0 bridgehead atoms. The summed E-state index contributed by atoms with van der Waals surface area (Å²) < 4.78 is 21.5. The molecule has 0 aliphatic carbocycles. The normalized spacial score (nSPS) is 17.8. The summed E-state index contributed by atoms with van der Waals surface area (Å²) in [5.41, 5.74) is 2.30. The van der Waals surface area contributed by atoms with E-state index < -0.39 is 0 Å². The van der Waals surface area contributed by atoms with Gasteiger partial charge in [-0.2, -0.15) is 0 Å². The Labute approximate surface area is 201 Å². The minimum Gasteiger partial charge on any atom is -0.379 e. The molecule has 2 saturated heterocycles. The van der Waals surface area contributed by atoms with E-state index in [4.69, 9.17) is 4.74 Å². The number of amides is 1. The van der Waals surface area contributed by atoms with Gasteiger partial charge in [0.1, 0.15) is 11.4 Å². The van der Waals surface area contributed by atoms with Crippen LogP contribution in [0, 0.1) is 18.7 Å². The maximum Gasteiger partial charge on any atom is 0.259 e. The molecule has 34 heavy (non-hydrogen) atoms. The Hall–Kier alpha value is -2.51. The van der Waals surface area contributed by atoms with Crippen LogP contribution >= 0.6 is 0 Å². The summed E-state index contributed by atoms with van der Waals surface area (Å²) in [5.74, 6) is 0.0835. The van der Waals surface area contributed by atoms with E-state index in [1.54, 1.807) is 12.1 Å². The Morgan fingerprint density at radius 1 is 1.09 bits per heavy atom. The first-order valence-electron chi connectivity index (χ1n) is 12.5. The molecule has 0 radical (unpaired) electrons. The van der Waals surface area contributed by atoms with Gasteiger partial charge in [-0.05, 0) is 49.8 Å². The number of ether oxygens (including phenoxy) is 1. The second-order valence-electron chi connectivity index (χ2n) is 9.71. The van der Waals surface area contributed by atoms with Gasteiger partial charge >= 0.3 is 0 Å². The Morgan fingerprint density at radius 3 is 2.53 bits per heavy atom. The highest BCUT2D eigenvalue weighted by atomic mass is 19.1. The van der Waals surface area contributed by atoms with Crippen LogP contribution in [0.4, 0.5) is 4.39 Å². The first kappa shape index (κ1) is 24.6. The van der Waals surface area contributed by atoms with Crippen LogP contribution < -0.4 is 5.43 Å². The third-order valence-electron chi connectivity index (χ3n) is 7.13. The van der Waals surface area contributed by atoms with Crippen LogP contribution in [0.15, 0.2) is 35.1 Å². The third-order valence-corrected chi connectivity index (χ3v) is 7.13. The molecule has 7 heteroatoms. The van der Waals surface area contributed by atoms with Crippen molar-refractivity contribution in [3.8, 4) is 0 Å². The Balaban J connectivity index is 1.66. The fourth-order valence-electron chi connectivity index (χ4n) is 5.04. The molecule has 1 amide bonds. The van der Waals surface area contributed by atoms with E-state index in [2.05, 4.69) is 16.4 Å². The maximum atomic E-state index is 14.0. The van der Waals surface area contributed by atoms with Crippen molar-refractivity contribution in [1.29, 1.82) is 0 Å². The number of carbonyl (C=O) groups excluding carboxylic acids is 1. The number of rotatable bonds is 7. The molecule has 1 aromatic carbocycles. The lowest BCUT2D eigenvalue weighted by Gasteiger charge is -2.31. The number of nitrogens with zero attached hydrogens (tertiary/aromatic N) is 3. The molecular weight excluding hydrogens is 433 g/mol. The maximum absolute atomic E-state index is 14.0. The van der Waals surface area contributed by atoms with Crippen molar-refractivity contribution >= 4 is 5.91 Å². The SMILES string of the molecule is Cc1cc(=O)c(C(=O)N2CCC(C)CC2)c(Cc2cccc(F)c2)n1CCCN1CCOCC1. The molecule has 6 nitrogen and oxygen atoms in total. The van der Waals surface area contributed by atoms with Crippen molar-refractivity contribution in [3.05, 3.63) is 68.9 Å². The highest BCUT2D eigenvalue weighted by molar-refractivity contribution is 5.95. The molecule has 2 aliphatic heterocycles. The minimum atomic E-state index is -0.315. The first-order valence-corrected chi connectivity index (χ1v) is 12.5. The fourth-order valence-corrected chi connectivity index (χ4v) is 5.04. The highest BCUT2D eigenvalue weighted by Gasteiger charge is 2.27. The van der Waals surface area contributed by atoms with Gasteiger partial charge in [0.2, 0.25) is 0 Å². The summed E-state index contributed by atoms with van der Waals surface area (Å²) in [4.78, 5) is 31.0. The lowest BCUT2D eigenvalue weighted by molar-refractivity contribution is 0.0369. The molecule has 0 unspecified atom stereocenters. The number of likely N-dealkylation sites (tertiary alicyclic amines) is 1. The average Bonchev–Trinajstić information content (AvgIpc) is 2.82. The molecular formula is C27H36FN3O3. The van der Waals surface area contributed by atoms with E-state index in [0.29, 0.717) is 37.7 Å². The number of morpholine rings is 1. The van der Waals surface area contributed by atoms with Crippen LogP contribution in [0.1, 0.15) is 53.5 Å². The number of hydrogen-bond acceptors (Lipinski definition) is 4. The van der Waals surface area contributed by atoms with E-state index in [1.807, 2.05) is 17.9 Å². The van der Waals surface area contributed by atoms with Crippen molar-refractivity contribution in [2.45, 2.75) is 46.1 Å². The smallest absolute Gasteiger partial charge is 0.259 e. The standard InChI is InChI=1S/C27H36FN3O3/c1-20-7-11-30(12-8-20)27(33)26-24(19-22-5-3-6-23(28)18-22)31(21(2)17-25(26)32)10-4-9-29-13-15-34-16-14-29/h3,5-6,17-18,20H,4,7-16,19H2,1-2H3. The lowest BCUT2D eigenvalue weighted by atomic mass is 9.97. The zero-order valence-corrected chi connectivity index (χ0v) is 20.4. The predicted molar refractivity (Wildman–Crippen MR) is 131 cm³/mol. The van der Waals surface area contributed by atoms with Crippen molar-refractivity contribution in [2.75, 3.05) is 45.9 Å². The molecule has 2 fully saturated rings. The molecule has 0 atom stereocenters. The van der Waals surface area contributed by atoms with Crippen LogP contribution in [-0.2, 0) is 17.7 Å². The third kappa shape index (κ3) is 5.94. The molecule has 4 rings (SSSR count). The number of pyridine rings is 1. The number of hydrogen-bond donors (Lipinski definition) is 0. The van der Waals surface area contributed by atoms with E-state index in [1.165, 1.54) is 12.1 Å². The predicted octanol–water partition coefficient (Wildman–Crippen LogP) is 3.48.